The number of anilines is 1. The van der Waals surface area contributed by atoms with Gasteiger partial charge in [0.15, 0.2) is 11.5 Å². The lowest BCUT2D eigenvalue weighted by Crippen LogP contribution is -2.16. The molecule has 3 aromatic rings. The molecule has 4 nitrogen and oxygen atoms in total. The molecule has 0 aromatic heterocycles. The highest BCUT2D eigenvalue weighted by Crippen LogP contribution is 2.40. The zero-order valence-corrected chi connectivity index (χ0v) is 17.0. The van der Waals surface area contributed by atoms with Crippen molar-refractivity contribution in [3.8, 4) is 11.5 Å². The SMILES string of the molecule is CCCOc1c(Br)cc(C2=Nc3cccc4cccc(c34)N2)cc1OCC. The molecule has 0 saturated heterocycles. The number of aliphatic imine (C=N–C) groups is 1. The molecule has 1 N–H and O–H groups in total. The van der Waals surface area contributed by atoms with Gasteiger partial charge in [-0.05, 0) is 58.9 Å². The van der Waals surface area contributed by atoms with Gasteiger partial charge in [-0.1, -0.05) is 31.2 Å². The fourth-order valence-electron chi connectivity index (χ4n) is 3.24. The molecule has 0 spiro atoms. The van der Waals surface area contributed by atoms with E-state index in [2.05, 4.69) is 52.4 Å². The summed E-state index contributed by atoms with van der Waals surface area (Å²) in [6, 6.07) is 16.4. The van der Waals surface area contributed by atoms with E-state index >= 15 is 0 Å². The quantitative estimate of drug-likeness (QED) is 0.505. The van der Waals surface area contributed by atoms with E-state index < -0.39 is 0 Å². The fraction of sp³-hybridized carbons (Fsp3) is 0.227. The van der Waals surface area contributed by atoms with Crippen LogP contribution in [0.5, 0.6) is 11.5 Å². The summed E-state index contributed by atoms with van der Waals surface area (Å²) in [4.78, 5) is 4.86. The Balaban J connectivity index is 1.79. The average molecular weight is 425 g/mol. The first-order valence-corrected chi connectivity index (χ1v) is 9.97. The Labute approximate surface area is 167 Å². The van der Waals surface area contributed by atoms with Gasteiger partial charge in [-0.25, -0.2) is 4.99 Å². The minimum atomic E-state index is 0.570. The zero-order valence-electron chi connectivity index (χ0n) is 15.4. The Morgan fingerprint density at radius 2 is 1.85 bits per heavy atom. The normalized spacial score (nSPS) is 12.5. The Morgan fingerprint density at radius 1 is 1.04 bits per heavy atom. The van der Waals surface area contributed by atoms with E-state index in [4.69, 9.17) is 14.5 Å². The van der Waals surface area contributed by atoms with Gasteiger partial charge in [0.05, 0.1) is 23.4 Å². The molecule has 1 aliphatic rings. The number of rotatable bonds is 6. The molecular formula is C22H21BrN2O2. The molecule has 0 fully saturated rings. The van der Waals surface area contributed by atoms with E-state index in [9.17, 15) is 0 Å². The van der Waals surface area contributed by atoms with Crippen LogP contribution in [0, 0.1) is 0 Å². The predicted molar refractivity (Wildman–Crippen MR) is 115 cm³/mol. The molecule has 0 atom stereocenters. The van der Waals surface area contributed by atoms with E-state index in [1.165, 1.54) is 5.39 Å². The van der Waals surface area contributed by atoms with Crippen molar-refractivity contribution in [2.45, 2.75) is 20.3 Å². The lowest BCUT2D eigenvalue weighted by Gasteiger charge is -2.21. The van der Waals surface area contributed by atoms with Crippen molar-refractivity contribution < 1.29 is 9.47 Å². The summed E-state index contributed by atoms with van der Waals surface area (Å²) < 4.78 is 12.6. The van der Waals surface area contributed by atoms with E-state index in [0.717, 1.165) is 50.6 Å². The highest BCUT2D eigenvalue weighted by molar-refractivity contribution is 9.10. The lowest BCUT2D eigenvalue weighted by atomic mass is 10.0. The van der Waals surface area contributed by atoms with Crippen LogP contribution < -0.4 is 14.8 Å². The number of halogens is 1. The van der Waals surface area contributed by atoms with Gasteiger partial charge >= 0.3 is 0 Å². The van der Waals surface area contributed by atoms with E-state index in [0.29, 0.717) is 13.2 Å². The van der Waals surface area contributed by atoms with Crippen molar-refractivity contribution >= 4 is 43.9 Å². The maximum atomic E-state index is 5.88. The first kappa shape index (κ1) is 17.9. The zero-order chi connectivity index (χ0) is 18.8. The maximum Gasteiger partial charge on any atom is 0.175 e. The highest BCUT2D eigenvalue weighted by Gasteiger charge is 2.19. The lowest BCUT2D eigenvalue weighted by molar-refractivity contribution is 0.275. The van der Waals surface area contributed by atoms with Gasteiger partial charge in [0.1, 0.15) is 5.84 Å². The standard InChI is InChI=1S/C22H21BrN2O2/c1-3-11-27-21-16(23)12-15(13-19(21)26-4-2)22-24-17-9-5-7-14-8-6-10-18(25-22)20(14)17/h5-10,12-13H,3-4,11H2,1-2H3,(H,24,25). The fourth-order valence-corrected chi connectivity index (χ4v) is 3.80. The third-order valence-electron chi connectivity index (χ3n) is 4.40. The van der Waals surface area contributed by atoms with Crippen molar-refractivity contribution in [1.29, 1.82) is 0 Å². The largest absolute Gasteiger partial charge is 0.490 e. The van der Waals surface area contributed by atoms with E-state index in [-0.39, 0.29) is 0 Å². The summed E-state index contributed by atoms with van der Waals surface area (Å²) in [5, 5.41) is 5.80. The molecule has 5 heteroatoms. The number of ether oxygens (including phenoxy) is 2. The van der Waals surface area contributed by atoms with E-state index in [1.807, 2.05) is 31.2 Å². The molecular weight excluding hydrogens is 404 g/mol. The van der Waals surface area contributed by atoms with Gasteiger partial charge < -0.3 is 14.8 Å². The first-order chi connectivity index (χ1) is 13.2. The van der Waals surface area contributed by atoms with Crippen LogP contribution in [0.2, 0.25) is 0 Å². The molecule has 0 aliphatic carbocycles. The van der Waals surface area contributed by atoms with Gasteiger partial charge in [-0.2, -0.15) is 0 Å². The second kappa shape index (κ2) is 7.61. The summed E-state index contributed by atoms with van der Waals surface area (Å²) in [5.41, 5.74) is 2.98. The smallest absolute Gasteiger partial charge is 0.175 e. The summed E-state index contributed by atoms with van der Waals surface area (Å²) in [7, 11) is 0. The third-order valence-corrected chi connectivity index (χ3v) is 4.99. The Hall–Kier alpha value is -2.53. The Bertz CT molecular complexity index is 1020. The predicted octanol–water partition coefficient (Wildman–Crippen LogP) is 6.29. The monoisotopic (exact) mass is 424 g/mol. The molecule has 138 valence electrons. The van der Waals surface area contributed by atoms with E-state index in [1.54, 1.807) is 0 Å². The molecule has 0 radical (unpaired) electrons. The van der Waals surface area contributed by atoms with Gasteiger partial charge in [0, 0.05) is 16.6 Å². The number of benzene rings is 3. The van der Waals surface area contributed by atoms with Crippen molar-refractivity contribution in [3.05, 3.63) is 58.6 Å². The molecule has 0 bridgehead atoms. The molecule has 4 rings (SSSR count). The van der Waals surface area contributed by atoms with Crippen LogP contribution in [0.1, 0.15) is 25.8 Å². The van der Waals surface area contributed by atoms with Crippen LogP contribution >= 0.6 is 15.9 Å². The molecule has 0 saturated carbocycles. The summed E-state index contributed by atoms with van der Waals surface area (Å²) >= 11 is 3.64. The minimum Gasteiger partial charge on any atom is -0.490 e. The summed E-state index contributed by atoms with van der Waals surface area (Å²) in [6.45, 7) is 5.27. The summed E-state index contributed by atoms with van der Waals surface area (Å²) in [6.07, 6.45) is 0.939. The Morgan fingerprint density at radius 3 is 2.63 bits per heavy atom. The number of hydrogen-bond acceptors (Lipinski definition) is 4. The van der Waals surface area contributed by atoms with Crippen molar-refractivity contribution in [2.24, 2.45) is 4.99 Å². The number of nitrogens with one attached hydrogen (secondary N) is 1. The van der Waals surface area contributed by atoms with Crippen LogP contribution in [0.4, 0.5) is 11.4 Å². The van der Waals surface area contributed by atoms with Crippen molar-refractivity contribution in [2.75, 3.05) is 18.5 Å². The molecule has 1 heterocycles. The third kappa shape index (κ3) is 3.39. The van der Waals surface area contributed by atoms with Crippen molar-refractivity contribution in [3.63, 3.8) is 0 Å². The average Bonchev–Trinajstić information content (AvgIpc) is 2.68. The van der Waals surface area contributed by atoms with Crippen LogP contribution in [0.15, 0.2) is 58.0 Å². The molecule has 0 unspecified atom stereocenters. The van der Waals surface area contributed by atoms with Crippen LogP contribution in [-0.4, -0.2) is 19.0 Å². The van der Waals surface area contributed by atoms with Crippen LogP contribution in [-0.2, 0) is 0 Å². The van der Waals surface area contributed by atoms with Crippen LogP contribution in [0.25, 0.3) is 10.8 Å². The maximum absolute atomic E-state index is 5.88. The second-order valence-corrected chi connectivity index (χ2v) is 7.19. The summed E-state index contributed by atoms with van der Waals surface area (Å²) in [5.74, 6) is 2.25. The molecule has 3 aromatic carbocycles. The van der Waals surface area contributed by atoms with Crippen LogP contribution in [0.3, 0.4) is 0 Å². The van der Waals surface area contributed by atoms with Gasteiger partial charge in [0.25, 0.3) is 0 Å². The molecule has 27 heavy (non-hydrogen) atoms. The van der Waals surface area contributed by atoms with Gasteiger partial charge in [-0.3, -0.25) is 0 Å². The van der Waals surface area contributed by atoms with Gasteiger partial charge in [0.2, 0.25) is 0 Å². The number of amidine groups is 1. The van der Waals surface area contributed by atoms with Crippen molar-refractivity contribution in [1.82, 2.24) is 0 Å². The molecule has 0 amide bonds. The number of hydrogen-bond donors (Lipinski definition) is 1. The second-order valence-electron chi connectivity index (χ2n) is 6.33. The minimum absolute atomic E-state index is 0.570. The molecule has 1 aliphatic heterocycles. The topological polar surface area (TPSA) is 42.8 Å². The van der Waals surface area contributed by atoms with Gasteiger partial charge in [-0.15, -0.1) is 0 Å². The highest BCUT2D eigenvalue weighted by atomic mass is 79.9. The number of nitrogens with zero attached hydrogens (tertiary/aromatic N) is 1. The Kier molecular flexibility index (Phi) is 5.03. The first-order valence-electron chi connectivity index (χ1n) is 9.18.